The number of anilines is 1. The van der Waals surface area contributed by atoms with Crippen LogP contribution in [0.1, 0.15) is 27.7 Å². The third-order valence-corrected chi connectivity index (χ3v) is 4.22. The Morgan fingerprint density at radius 3 is 2.26 bits per heavy atom. The van der Waals surface area contributed by atoms with E-state index in [1.807, 2.05) is 61.5 Å². The standard InChI is InChI=1S/C21H22N4O2/c1-15-10-12-17(13-11-15)22-21(27)19(16-7-4-3-5-8-16)23-24-20(26)18-9-6-14-25(18)2/h3-14,19,23H,1-2H3,(H,22,27)(H,24,26)/t19-/m0/s1. The van der Waals surface area contributed by atoms with Gasteiger partial charge in [-0.15, -0.1) is 0 Å². The van der Waals surface area contributed by atoms with Gasteiger partial charge in [0.1, 0.15) is 11.7 Å². The molecule has 3 aromatic rings. The molecular formula is C21H22N4O2. The number of rotatable bonds is 6. The predicted molar refractivity (Wildman–Crippen MR) is 105 cm³/mol. The second-order valence-electron chi connectivity index (χ2n) is 6.30. The van der Waals surface area contributed by atoms with Crippen molar-refractivity contribution in [1.29, 1.82) is 0 Å². The maximum absolute atomic E-state index is 12.8. The Hall–Kier alpha value is -3.38. The zero-order chi connectivity index (χ0) is 19.2. The molecule has 1 atom stereocenters. The molecule has 0 spiro atoms. The summed E-state index contributed by atoms with van der Waals surface area (Å²) in [6.07, 6.45) is 1.79. The van der Waals surface area contributed by atoms with Crippen LogP contribution in [0.3, 0.4) is 0 Å². The summed E-state index contributed by atoms with van der Waals surface area (Å²) in [5, 5.41) is 2.88. The van der Waals surface area contributed by atoms with Gasteiger partial charge < -0.3 is 9.88 Å². The van der Waals surface area contributed by atoms with E-state index >= 15 is 0 Å². The fourth-order valence-electron chi connectivity index (χ4n) is 2.70. The number of aromatic nitrogens is 1. The Morgan fingerprint density at radius 2 is 1.63 bits per heavy atom. The number of carbonyl (C=O) groups is 2. The Kier molecular flexibility index (Phi) is 5.68. The first-order chi connectivity index (χ1) is 13.0. The highest BCUT2D eigenvalue weighted by Gasteiger charge is 2.22. The lowest BCUT2D eigenvalue weighted by atomic mass is 10.1. The van der Waals surface area contributed by atoms with Crippen LogP contribution in [0.5, 0.6) is 0 Å². The van der Waals surface area contributed by atoms with Gasteiger partial charge in [-0.2, -0.15) is 0 Å². The van der Waals surface area contributed by atoms with Gasteiger partial charge in [-0.05, 0) is 36.8 Å². The summed E-state index contributed by atoms with van der Waals surface area (Å²) in [4.78, 5) is 25.2. The fourth-order valence-corrected chi connectivity index (χ4v) is 2.70. The predicted octanol–water partition coefficient (Wildman–Crippen LogP) is 2.95. The van der Waals surface area contributed by atoms with Crippen LogP contribution >= 0.6 is 0 Å². The van der Waals surface area contributed by atoms with E-state index in [1.165, 1.54) is 0 Å². The van der Waals surface area contributed by atoms with Gasteiger partial charge in [0.05, 0.1) is 0 Å². The molecule has 3 N–H and O–H groups in total. The third kappa shape index (κ3) is 4.62. The van der Waals surface area contributed by atoms with Crippen molar-refractivity contribution < 1.29 is 9.59 Å². The fraction of sp³-hybridized carbons (Fsp3) is 0.143. The molecule has 3 rings (SSSR count). The average Bonchev–Trinajstić information content (AvgIpc) is 3.10. The SMILES string of the molecule is Cc1ccc(NC(=O)[C@@H](NNC(=O)c2cccn2C)c2ccccc2)cc1. The highest BCUT2D eigenvalue weighted by Crippen LogP contribution is 2.16. The van der Waals surface area contributed by atoms with Crippen LogP contribution < -0.4 is 16.2 Å². The minimum Gasteiger partial charge on any atom is -0.347 e. The van der Waals surface area contributed by atoms with Crippen LogP contribution in [-0.4, -0.2) is 16.4 Å². The summed E-state index contributed by atoms with van der Waals surface area (Å²) >= 11 is 0. The number of hydrazine groups is 1. The van der Waals surface area contributed by atoms with Gasteiger partial charge in [0, 0.05) is 18.9 Å². The van der Waals surface area contributed by atoms with E-state index < -0.39 is 6.04 Å². The van der Waals surface area contributed by atoms with Crippen LogP contribution in [0.2, 0.25) is 0 Å². The minimum atomic E-state index is -0.739. The van der Waals surface area contributed by atoms with Gasteiger partial charge in [0.25, 0.3) is 5.91 Å². The smallest absolute Gasteiger partial charge is 0.282 e. The lowest BCUT2D eigenvalue weighted by molar-refractivity contribution is -0.118. The van der Waals surface area contributed by atoms with Crippen molar-refractivity contribution in [2.75, 3.05) is 5.32 Å². The average molecular weight is 362 g/mol. The van der Waals surface area contributed by atoms with Crippen LogP contribution in [0.15, 0.2) is 72.9 Å². The second-order valence-corrected chi connectivity index (χ2v) is 6.30. The van der Waals surface area contributed by atoms with Crippen molar-refractivity contribution in [2.45, 2.75) is 13.0 Å². The summed E-state index contributed by atoms with van der Waals surface area (Å²) in [6, 6.07) is 19.5. The van der Waals surface area contributed by atoms with Crippen molar-refractivity contribution in [1.82, 2.24) is 15.4 Å². The number of benzene rings is 2. The van der Waals surface area contributed by atoms with Crippen LogP contribution in [0, 0.1) is 6.92 Å². The number of hydrogen-bond acceptors (Lipinski definition) is 3. The van der Waals surface area contributed by atoms with Crippen LogP contribution in [0.25, 0.3) is 0 Å². The molecule has 0 radical (unpaired) electrons. The van der Waals surface area contributed by atoms with E-state index in [4.69, 9.17) is 0 Å². The Bertz CT molecular complexity index is 917. The molecule has 27 heavy (non-hydrogen) atoms. The zero-order valence-electron chi connectivity index (χ0n) is 15.3. The van der Waals surface area contributed by atoms with Gasteiger partial charge in [-0.1, -0.05) is 48.0 Å². The molecule has 138 valence electrons. The summed E-state index contributed by atoms with van der Waals surface area (Å²) in [6.45, 7) is 1.99. The highest BCUT2D eigenvalue weighted by molar-refractivity contribution is 5.96. The number of nitrogens with one attached hydrogen (secondary N) is 3. The number of carbonyl (C=O) groups excluding carboxylic acids is 2. The first-order valence-corrected chi connectivity index (χ1v) is 8.64. The molecule has 0 aliphatic rings. The van der Waals surface area contributed by atoms with E-state index in [1.54, 1.807) is 29.9 Å². The normalized spacial score (nSPS) is 11.6. The monoisotopic (exact) mass is 362 g/mol. The van der Waals surface area contributed by atoms with Gasteiger partial charge in [0.15, 0.2) is 0 Å². The molecule has 1 heterocycles. The Morgan fingerprint density at radius 1 is 0.926 bits per heavy atom. The van der Waals surface area contributed by atoms with E-state index in [-0.39, 0.29) is 11.8 Å². The minimum absolute atomic E-state index is 0.266. The van der Waals surface area contributed by atoms with Crippen molar-refractivity contribution in [2.24, 2.45) is 7.05 Å². The molecule has 6 heteroatoms. The van der Waals surface area contributed by atoms with Crippen molar-refractivity contribution in [3.8, 4) is 0 Å². The van der Waals surface area contributed by atoms with Gasteiger partial charge in [-0.25, -0.2) is 5.43 Å². The van der Waals surface area contributed by atoms with Gasteiger partial charge in [0.2, 0.25) is 5.91 Å². The molecule has 0 saturated carbocycles. The molecule has 1 aromatic heterocycles. The highest BCUT2D eigenvalue weighted by atomic mass is 16.2. The summed E-state index contributed by atoms with van der Waals surface area (Å²) < 4.78 is 1.71. The topological polar surface area (TPSA) is 75.2 Å². The quantitative estimate of drug-likeness (QED) is 0.590. The molecule has 6 nitrogen and oxygen atoms in total. The summed E-state index contributed by atoms with van der Waals surface area (Å²) in [7, 11) is 1.79. The maximum atomic E-state index is 12.8. The Balaban J connectivity index is 1.75. The third-order valence-electron chi connectivity index (χ3n) is 4.22. The first-order valence-electron chi connectivity index (χ1n) is 8.64. The van der Waals surface area contributed by atoms with Crippen molar-refractivity contribution in [3.63, 3.8) is 0 Å². The van der Waals surface area contributed by atoms with E-state index in [2.05, 4.69) is 16.2 Å². The van der Waals surface area contributed by atoms with Crippen molar-refractivity contribution in [3.05, 3.63) is 89.7 Å². The first kappa shape index (κ1) is 18.4. The molecule has 0 unspecified atom stereocenters. The maximum Gasteiger partial charge on any atom is 0.282 e. The lowest BCUT2D eigenvalue weighted by Crippen LogP contribution is -2.45. The largest absolute Gasteiger partial charge is 0.347 e. The van der Waals surface area contributed by atoms with Gasteiger partial charge in [-0.3, -0.25) is 15.0 Å². The molecule has 2 amide bonds. The molecule has 2 aromatic carbocycles. The van der Waals surface area contributed by atoms with E-state index in [9.17, 15) is 9.59 Å². The molecule has 0 fully saturated rings. The van der Waals surface area contributed by atoms with Crippen LogP contribution in [-0.2, 0) is 11.8 Å². The number of nitrogens with zero attached hydrogens (tertiary/aromatic N) is 1. The van der Waals surface area contributed by atoms with E-state index in [0.29, 0.717) is 11.4 Å². The number of hydrogen-bond donors (Lipinski definition) is 3. The molecule has 0 bridgehead atoms. The Labute approximate surface area is 158 Å². The van der Waals surface area contributed by atoms with E-state index in [0.717, 1.165) is 11.1 Å². The zero-order valence-corrected chi connectivity index (χ0v) is 15.3. The number of amides is 2. The molecule has 0 aliphatic heterocycles. The summed E-state index contributed by atoms with van der Waals surface area (Å²) in [5.74, 6) is -0.580. The van der Waals surface area contributed by atoms with Crippen LogP contribution in [0.4, 0.5) is 5.69 Å². The molecule has 0 aliphatic carbocycles. The summed E-state index contributed by atoms with van der Waals surface area (Å²) in [5.41, 5.74) is 8.53. The van der Waals surface area contributed by atoms with Gasteiger partial charge >= 0.3 is 0 Å². The molecular weight excluding hydrogens is 340 g/mol. The van der Waals surface area contributed by atoms with Crippen molar-refractivity contribution >= 4 is 17.5 Å². The second kappa shape index (κ2) is 8.33. The number of aryl methyl sites for hydroxylation is 2. The lowest BCUT2D eigenvalue weighted by Gasteiger charge is -2.19. The molecule has 0 saturated heterocycles.